The van der Waals surface area contributed by atoms with Gasteiger partial charge in [-0.25, -0.2) is 17.9 Å². The molecule has 0 aliphatic carbocycles. The Labute approximate surface area is 127 Å². The molecule has 2 N–H and O–H groups in total. The fourth-order valence-corrected chi connectivity index (χ4v) is 3.35. The van der Waals surface area contributed by atoms with Crippen LogP contribution in [0.3, 0.4) is 0 Å². The SMILES string of the molecule is O=c1[nH]c2ccccc2n1CCNS(=O)(=O)c1ccccc1. The maximum atomic E-state index is 12.1. The lowest BCUT2D eigenvalue weighted by Gasteiger charge is -2.07. The summed E-state index contributed by atoms with van der Waals surface area (Å²) in [5, 5.41) is 0. The van der Waals surface area contributed by atoms with Crippen LogP contribution >= 0.6 is 0 Å². The largest absolute Gasteiger partial charge is 0.326 e. The highest BCUT2D eigenvalue weighted by atomic mass is 32.2. The number of H-pyrrole nitrogens is 1. The Balaban J connectivity index is 1.76. The first kappa shape index (κ1) is 14.6. The lowest BCUT2D eigenvalue weighted by Crippen LogP contribution is -2.30. The van der Waals surface area contributed by atoms with Gasteiger partial charge in [0.05, 0.1) is 15.9 Å². The normalized spacial score (nSPS) is 11.8. The van der Waals surface area contributed by atoms with Gasteiger partial charge in [0.15, 0.2) is 0 Å². The second-order valence-electron chi connectivity index (χ2n) is 4.81. The van der Waals surface area contributed by atoms with Crippen LogP contribution in [0, 0.1) is 0 Å². The Morgan fingerprint density at radius 3 is 2.45 bits per heavy atom. The van der Waals surface area contributed by atoms with Crippen molar-refractivity contribution in [1.82, 2.24) is 14.3 Å². The summed E-state index contributed by atoms with van der Waals surface area (Å²) in [4.78, 5) is 14.8. The van der Waals surface area contributed by atoms with Crippen molar-refractivity contribution in [1.29, 1.82) is 0 Å². The zero-order valence-electron chi connectivity index (χ0n) is 11.7. The second kappa shape index (κ2) is 5.78. The van der Waals surface area contributed by atoms with Gasteiger partial charge in [-0.05, 0) is 24.3 Å². The average molecular weight is 317 g/mol. The number of aromatic amines is 1. The van der Waals surface area contributed by atoms with Crippen LogP contribution in [0.2, 0.25) is 0 Å². The van der Waals surface area contributed by atoms with Gasteiger partial charge in [0.25, 0.3) is 0 Å². The summed E-state index contributed by atoms with van der Waals surface area (Å²) in [6.07, 6.45) is 0. The molecule has 0 spiro atoms. The fourth-order valence-electron chi connectivity index (χ4n) is 2.30. The molecule has 7 heteroatoms. The smallest absolute Gasteiger partial charge is 0.306 e. The molecule has 114 valence electrons. The Hall–Kier alpha value is -2.38. The first-order valence-corrected chi connectivity index (χ1v) is 8.28. The third-order valence-corrected chi connectivity index (χ3v) is 4.84. The van der Waals surface area contributed by atoms with Crippen LogP contribution in [-0.2, 0) is 16.6 Å². The van der Waals surface area contributed by atoms with Gasteiger partial charge in [0, 0.05) is 13.1 Å². The maximum Gasteiger partial charge on any atom is 0.326 e. The topological polar surface area (TPSA) is 84.0 Å². The van der Waals surface area contributed by atoms with E-state index in [9.17, 15) is 13.2 Å². The van der Waals surface area contributed by atoms with E-state index in [0.29, 0.717) is 0 Å². The van der Waals surface area contributed by atoms with E-state index in [4.69, 9.17) is 0 Å². The first-order chi connectivity index (χ1) is 10.6. The summed E-state index contributed by atoms with van der Waals surface area (Å²) in [5.41, 5.74) is 1.24. The number of imidazole rings is 1. The van der Waals surface area contributed by atoms with Crippen molar-refractivity contribution in [3.8, 4) is 0 Å². The minimum atomic E-state index is -3.56. The zero-order valence-corrected chi connectivity index (χ0v) is 12.5. The summed E-state index contributed by atoms with van der Waals surface area (Å²) in [7, 11) is -3.56. The molecule has 3 aromatic rings. The number of aromatic nitrogens is 2. The summed E-state index contributed by atoms with van der Waals surface area (Å²) >= 11 is 0. The quantitative estimate of drug-likeness (QED) is 0.744. The minimum Gasteiger partial charge on any atom is -0.306 e. The average Bonchev–Trinajstić information content (AvgIpc) is 2.84. The molecule has 22 heavy (non-hydrogen) atoms. The molecule has 0 saturated carbocycles. The number of fused-ring (bicyclic) bond motifs is 1. The van der Waals surface area contributed by atoms with E-state index >= 15 is 0 Å². The lowest BCUT2D eigenvalue weighted by atomic mass is 10.3. The van der Waals surface area contributed by atoms with Crippen molar-refractivity contribution in [3.05, 3.63) is 65.1 Å². The molecule has 2 aromatic carbocycles. The Morgan fingerprint density at radius 2 is 1.68 bits per heavy atom. The third-order valence-electron chi connectivity index (χ3n) is 3.36. The number of sulfonamides is 1. The molecule has 0 unspecified atom stereocenters. The van der Waals surface area contributed by atoms with E-state index in [0.717, 1.165) is 11.0 Å². The van der Waals surface area contributed by atoms with Crippen molar-refractivity contribution >= 4 is 21.1 Å². The minimum absolute atomic E-state index is 0.138. The summed E-state index contributed by atoms with van der Waals surface area (Å²) in [5.74, 6) is 0. The highest BCUT2D eigenvalue weighted by Crippen LogP contribution is 2.09. The van der Waals surface area contributed by atoms with Crippen molar-refractivity contribution in [2.24, 2.45) is 0 Å². The van der Waals surface area contributed by atoms with Gasteiger partial charge in [0.2, 0.25) is 10.0 Å². The number of benzene rings is 2. The monoisotopic (exact) mass is 317 g/mol. The number of para-hydroxylation sites is 2. The van der Waals surface area contributed by atoms with E-state index in [-0.39, 0.29) is 23.7 Å². The summed E-state index contributed by atoms with van der Waals surface area (Å²) in [6.45, 7) is 0.397. The molecule has 3 rings (SSSR count). The standard InChI is InChI=1S/C15H15N3O3S/c19-15-17-13-8-4-5-9-14(13)18(15)11-10-16-22(20,21)12-6-2-1-3-7-12/h1-9,16H,10-11H2,(H,17,19). The highest BCUT2D eigenvalue weighted by molar-refractivity contribution is 7.89. The van der Waals surface area contributed by atoms with Gasteiger partial charge >= 0.3 is 5.69 Å². The molecule has 0 radical (unpaired) electrons. The van der Waals surface area contributed by atoms with Crippen molar-refractivity contribution in [2.45, 2.75) is 11.4 Å². The predicted molar refractivity (Wildman–Crippen MR) is 84.2 cm³/mol. The summed E-state index contributed by atoms with van der Waals surface area (Å²) < 4.78 is 28.2. The first-order valence-electron chi connectivity index (χ1n) is 6.80. The molecule has 1 aromatic heterocycles. The van der Waals surface area contributed by atoms with Crippen molar-refractivity contribution in [3.63, 3.8) is 0 Å². The Morgan fingerprint density at radius 1 is 1.00 bits per heavy atom. The van der Waals surface area contributed by atoms with E-state index in [1.165, 1.54) is 16.7 Å². The number of hydrogen-bond acceptors (Lipinski definition) is 3. The molecule has 0 fully saturated rings. The Bertz CT molecular complexity index is 943. The van der Waals surface area contributed by atoms with E-state index in [1.54, 1.807) is 24.3 Å². The molecule has 0 saturated heterocycles. The second-order valence-corrected chi connectivity index (χ2v) is 6.58. The van der Waals surface area contributed by atoms with E-state index in [1.807, 2.05) is 18.2 Å². The van der Waals surface area contributed by atoms with Crippen molar-refractivity contribution < 1.29 is 8.42 Å². The molecule has 0 aliphatic heterocycles. The van der Waals surface area contributed by atoms with Gasteiger partial charge in [-0.3, -0.25) is 4.57 Å². The molecule has 1 heterocycles. The zero-order chi connectivity index (χ0) is 15.6. The molecular formula is C15H15N3O3S. The van der Waals surface area contributed by atoms with Gasteiger partial charge in [-0.15, -0.1) is 0 Å². The highest BCUT2D eigenvalue weighted by Gasteiger charge is 2.13. The lowest BCUT2D eigenvalue weighted by molar-refractivity contribution is 0.572. The van der Waals surface area contributed by atoms with Crippen LogP contribution in [0.4, 0.5) is 0 Å². The van der Waals surface area contributed by atoms with Crippen LogP contribution in [0.1, 0.15) is 0 Å². The van der Waals surface area contributed by atoms with Crippen LogP contribution in [0.15, 0.2) is 64.3 Å². The van der Waals surface area contributed by atoms with E-state index in [2.05, 4.69) is 9.71 Å². The van der Waals surface area contributed by atoms with Gasteiger partial charge < -0.3 is 4.98 Å². The number of nitrogens with one attached hydrogen (secondary N) is 2. The number of rotatable bonds is 5. The van der Waals surface area contributed by atoms with Gasteiger partial charge in [-0.1, -0.05) is 30.3 Å². The van der Waals surface area contributed by atoms with Crippen LogP contribution in [-0.4, -0.2) is 24.5 Å². The summed E-state index contributed by atoms with van der Waals surface area (Å²) in [6, 6.07) is 15.4. The van der Waals surface area contributed by atoms with Crippen LogP contribution in [0.25, 0.3) is 11.0 Å². The van der Waals surface area contributed by atoms with Crippen LogP contribution in [0.5, 0.6) is 0 Å². The van der Waals surface area contributed by atoms with Crippen LogP contribution < -0.4 is 10.4 Å². The number of hydrogen-bond donors (Lipinski definition) is 2. The molecule has 0 aliphatic rings. The number of nitrogens with zero attached hydrogens (tertiary/aromatic N) is 1. The third kappa shape index (κ3) is 2.81. The predicted octanol–water partition coefficient (Wildman–Crippen LogP) is 1.31. The van der Waals surface area contributed by atoms with Gasteiger partial charge in [-0.2, -0.15) is 0 Å². The molecule has 0 atom stereocenters. The Kier molecular flexibility index (Phi) is 3.82. The maximum absolute atomic E-state index is 12.1. The molecule has 6 nitrogen and oxygen atoms in total. The molecule has 0 bridgehead atoms. The van der Waals surface area contributed by atoms with E-state index < -0.39 is 10.0 Å². The van der Waals surface area contributed by atoms with Gasteiger partial charge in [0.1, 0.15) is 0 Å². The molecule has 0 amide bonds. The molecular weight excluding hydrogens is 302 g/mol. The van der Waals surface area contributed by atoms with Crippen molar-refractivity contribution in [2.75, 3.05) is 6.54 Å². The fraction of sp³-hybridized carbons (Fsp3) is 0.133.